The summed E-state index contributed by atoms with van der Waals surface area (Å²) in [5.41, 5.74) is 7.30. The van der Waals surface area contributed by atoms with Gasteiger partial charge in [0.05, 0.1) is 5.56 Å². The van der Waals surface area contributed by atoms with Gasteiger partial charge in [-0.3, -0.25) is 14.6 Å². The topological polar surface area (TPSA) is 106 Å². The molecule has 1 unspecified atom stereocenters. The molecule has 1 aliphatic carbocycles. The molecule has 4 rings (SSSR count). The maximum Gasteiger partial charge on any atom is 0.416 e. The Labute approximate surface area is 218 Å². The van der Waals surface area contributed by atoms with E-state index in [4.69, 9.17) is 10.5 Å². The number of pyridine rings is 1. The molecule has 4 N–H and O–H groups in total. The van der Waals surface area contributed by atoms with Crippen molar-refractivity contribution in [3.63, 3.8) is 0 Å². The van der Waals surface area contributed by atoms with Crippen molar-refractivity contribution in [3.8, 4) is 11.5 Å². The van der Waals surface area contributed by atoms with Crippen molar-refractivity contribution < 1.29 is 27.5 Å². The highest BCUT2D eigenvalue weighted by Crippen LogP contribution is 2.34. The Morgan fingerprint density at radius 3 is 2.55 bits per heavy atom. The van der Waals surface area contributed by atoms with E-state index in [9.17, 15) is 22.8 Å². The second-order valence-electron chi connectivity index (χ2n) is 9.59. The fraction of sp³-hybridized carbons (Fsp3) is 0.321. The number of hydrogen-bond donors (Lipinski definition) is 3. The number of anilines is 1. The molecule has 1 aliphatic rings. The summed E-state index contributed by atoms with van der Waals surface area (Å²) in [5, 5.41) is 5.43. The summed E-state index contributed by atoms with van der Waals surface area (Å²) in [7, 11) is 0. The highest BCUT2D eigenvalue weighted by atomic mass is 19.4. The minimum absolute atomic E-state index is 0.0315. The molecule has 1 aromatic heterocycles. The average molecular weight is 527 g/mol. The standard InChI is InChI=1S/C28H29F3N4O3/c1-16(2)34-27(37)25-14-24(7-8-33-25)38-23-6-5-18-3-4-19(11-20(18)12-23)26(36)35-22-10-17(15-32)9-21(13-22)28(29,30)31/h5-10,12-14,16,19H,3-4,11,15,32H2,1-2H3,(H,34,37)(H,35,36). The van der Waals surface area contributed by atoms with E-state index in [2.05, 4.69) is 15.6 Å². The largest absolute Gasteiger partial charge is 0.457 e. The summed E-state index contributed by atoms with van der Waals surface area (Å²) in [5.74, 6) is -0.0833. The molecule has 0 bridgehead atoms. The van der Waals surface area contributed by atoms with Gasteiger partial charge in [-0.2, -0.15) is 13.2 Å². The van der Waals surface area contributed by atoms with Crippen LogP contribution < -0.4 is 21.1 Å². The summed E-state index contributed by atoms with van der Waals surface area (Å²) < 4.78 is 45.7. The number of fused-ring (bicyclic) bond motifs is 1. The zero-order valence-corrected chi connectivity index (χ0v) is 21.1. The van der Waals surface area contributed by atoms with E-state index in [1.807, 2.05) is 32.0 Å². The summed E-state index contributed by atoms with van der Waals surface area (Å²) in [6.07, 6.45) is -1.41. The molecule has 0 spiro atoms. The van der Waals surface area contributed by atoms with Gasteiger partial charge in [-0.25, -0.2) is 0 Å². The van der Waals surface area contributed by atoms with Crippen LogP contribution in [0.5, 0.6) is 11.5 Å². The Bertz CT molecular complexity index is 1340. The molecule has 0 aliphatic heterocycles. The first kappa shape index (κ1) is 27.1. The Balaban J connectivity index is 1.46. The van der Waals surface area contributed by atoms with Gasteiger partial charge < -0.3 is 21.1 Å². The van der Waals surface area contributed by atoms with E-state index < -0.39 is 17.7 Å². The third kappa shape index (κ3) is 6.69. The van der Waals surface area contributed by atoms with Crippen LogP contribution in [0.25, 0.3) is 0 Å². The van der Waals surface area contributed by atoms with Crippen molar-refractivity contribution in [2.24, 2.45) is 11.7 Å². The molecule has 0 radical (unpaired) electrons. The number of hydrogen-bond acceptors (Lipinski definition) is 5. The highest BCUT2D eigenvalue weighted by molar-refractivity contribution is 5.93. The monoisotopic (exact) mass is 526 g/mol. The van der Waals surface area contributed by atoms with Crippen molar-refractivity contribution in [1.29, 1.82) is 0 Å². The van der Waals surface area contributed by atoms with E-state index in [0.717, 1.165) is 23.3 Å². The number of ether oxygens (including phenoxy) is 1. The minimum Gasteiger partial charge on any atom is -0.457 e. The molecule has 1 atom stereocenters. The number of aromatic nitrogens is 1. The van der Waals surface area contributed by atoms with E-state index in [1.54, 1.807) is 12.1 Å². The molecule has 2 aromatic carbocycles. The van der Waals surface area contributed by atoms with Crippen LogP contribution in [0.2, 0.25) is 0 Å². The SMILES string of the molecule is CC(C)NC(=O)c1cc(Oc2ccc3c(c2)CC(C(=O)Nc2cc(CN)cc(C(F)(F)F)c2)CC3)ccn1. The lowest BCUT2D eigenvalue weighted by molar-refractivity contribution is -0.137. The van der Waals surface area contributed by atoms with Gasteiger partial charge >= 0.3 is 6.18 Å². The number of alkyl halides is 3. The Morgan fingerprint density at radius 2 is 1.84 bits per heavy atom. The van der Waals surface area contributed by atoms with Gasteiger partial charge in [0.1, 0.15) is 17.2 Å². The van der Waals surface area contributed by atoms with Gasteiger partial charge in [-0.05, 0) is 86.2 Å². The number of nitrogens with one attached hydrogen (secondary N) is 2. The lowest BCUT2D eigenvalue weighted by Crippen LogP contribution is -2.30. The first-order valence-corrected chi connectivity index (χ1v) is 12.3. The van der Waals surface area contributed by atoms with Gasteiger partial charge in [-0.1, -0.05) is 6.07 Å². The molecule has 200 valence electrons. The number of amides is 2. The average Bonchev–Trinajstić information content (AvgIpc) is 2.87. The number of halogens is 3. The quantitative estimate of drug-likeness (QED) is 0.391. The van der Waals surface area contributed by atoms with Crippen molar-refractivity contribution in [1.82, 2.24) is 10.3 Å². The van der Waals surface area contributed by atoms with Gasteiger partial charge in [-0.15, -0.1) is 0 Å². The van der Waals surface area contributed by atoms with Crippen molar-refractivity contribution in [2.75, 3.05) is 5.32 Å². The van der Waals surface area contributed by atoms with Crippen molar-refractivity contribution >= 4 is 17.5 Å². The predicted octanol–water partition coefficient (Wildman–Crippen LogP) is 5.23. The Hall–Kier alpha value is -3.92. The number of carbonyl (C=O) groups is 2. The van der Waals surface area contributed by atoms with Gasteiger partial charge in [0.2, 0.25) is 5.91 Å². The molecule has 0 saturated carbocycles. The molecular weight excluding hydrogens is 497 g/mol. The molecule has 0 saturated heterocycles. The van der Waals surface area contributed by atoms with Gasteiger partial charge in [0, 0.05) is 36.5 Å². The number of nitrogens with two attached hydrogens (primary N) is 1. The van der Waals surface area contributed by atoms with Crippen LogP contribution >= 0.6 is 0 Å². The van der Waals surface area contributed by atoms with Crippen LogP contribution in [0.4, 0.5) is 18.9 Å². The zero-order chi connectivity index (χ0) is 27.4. The second-order valence-corrected chi connectivity index (χ2v) is 9.59. The van der Waals surface area contributed by atoms with Crippen LogP contribution in [-0.2, 0) is 30.4 Å². The van der Waals surface area contributed by atoms with Crippen molar-refractivity contribution in [2.45, 2.75) is 51.9 Å². The lowest BCUT2D eigenvalue weighted by atomic mass is 9.83. The smallest absolute Gasteiger partial charge is 0.416 e. The number of benzene rings is 2. The normalized spacial score (nSPS) is 15.1. The highest BCUT2D eigenvalue weighted by Gasteiger charge is 2.32. The molecular formula is C28H29F3N4O3. The molecule has 3 aromatic rings. The van der Waals surface area contributed by atoms with E-state index in [-0.39, 0.29) is 41.3 Å². The summed E-state index contributed by atoms with van der Waals surface area (Å²) >= 11 is 0. The fourth-order valence-corrected chi connectivity index (χ4v) is 4.38. The molecule has 2 amide bonds. The maximum atomic E-state index is 13.3. The first-order valence-electron chi connectivity index (χ1n) is 12.3. The van der Waals surface area contributed by atoms with Crippen molar-refractivity contribution in [3.05, 3.63) is 82.7 Å². The Kier molecular flexibility index (Phi) is 8.01. The van der Waals surface area contributed by atoms with Gasteiger partial charge in [0.25, 0.3) is 5.91 Å². The van der Waals surface area contributed by atoms with E-state index in [1.165, 1.54) is 12.3 Å². The molecule has 10 heteroatoms. The lowest BCUT2D eigenvalue weighted by Gasteiger charge is -2.25. The molecule has 7 nitrogen and oxygen atoms in total. The maximum absolute atomic E-state index is 13.3. The third-order valence-corrected chi connectivity index (χ3v) is 6.22. The zero-order valence-electron chi connectivity index (χ0n) is 21.1. The third-order valence-electron chi connectivity index (χ3n) is 6.22. The number of aryl methyl sites for hydroxylation is 1. The predicted molar refractivity (Wildman–Crippen MR) is 137 cm³/mol. The van der Waals surface area contributed by atoms with E-state index in [0.29, 0.717) is 30.8 Å². The van der Waals surface area contributed by atoms with Crippen LogP contribution in [-0.4, -0.2) is 22.8 Å². The molecule has 0 fully saturated rings. The van der Waals surface area contributed by atoms with Gasteiger partial charge in [0.15, 0.2) is 0 Å². The summed E-state index contributed by atoms with van der Waals surface area (Å²) in [6.45, 7) is 3.64. The summed E-state index contributed by atoms with van der Waals surface area (Å²) in [4.78, 5) is 29.3. The molecule has 38 heavy (non-hydrogen) atoms. The number of nitrogens with zero attached hydrogens (tertiary/aromatic N) is 1. The van der Waals surface area contributed by atoms with Crippen LogP contribution in [0.3, 0.4) is 0 Å². The second kappa shape index (κ2) is 11.2. The Morgan fingerprint density at radius 1 is 1.08 bits per heavy atom. The van der Waals surface area contributed by atoms with Crippen LogP contribution in [0.1, 0.15) is 53.0 Å². The fourth-order valence-electron chi connectivity index (χ4n) is 4.38. The minimum atomic E-state index is -4.54. The van der Waals surface area contributed by atoms with Crippen LogP contribution in [0.15, 0.2) is 54.7 Å². The summed E-state index contributed by atoms with van der Waals surface area (Å²) in [6, 6.07) is 12.1. The molecule has 1 heterocycles. The first-order chi connectivity index (χ1) is 18.0. The van der Waals surface area contributed by atoms with E-state index >= 15 is 0 Å². The number of rotatable bonds is 7. The number of carbonyl (C=O) groups excluding carboxylic acids is 2. The van der Waals surface area contributed by atoms with Crippen LogP contribution in [0, 0.1) is 5.92 Å².